The summed E-state index contributed by atoms with van der Waals surface area (Å²) in [5.74, 6) is 0.939. The van der Waals surface area contributed by atoms with Gasteiger partial charge in [-0.3, -0.25) is 4.79 Å². The van der Waals surface area contributed by atoms with Crippen molar-refractivity contribution in [1.29, 1.82) is 0 Å². The first-order valence-corrected chi connectivity index (χ1v) is 10.6. The molecule has 0 bridgehead atoms. The lowest BCUT2D eigenvalue weighted by Gasteiger charge is -2.12. The predicted molar refractivity (Wildman–Crippen MR) is 114 cm³/mol. The molecule has 4 aromatic rings. The zero-order valence-corrected chi connectivity index (χ0v) is 17.4. The van der Waals surface area contributed by atoms with Crippen LogP contribution in [0, 0.1) is 20.8 Å². The number of thioether (sulfide) groups is 1. The summed E-state index contributed by atoms with van der Waals surface area (Å²) in [5, 5.41) is 18.8. The number of carbonyl (C=O) groups is 1. The van der Waals surface area contributed by atoms with Crippen molar-refractivity contribution in [3.63, 3.8) is 0 Å². The van der Waals surface area contributed by atoms with Crippen LogP contribution in [0.1, 0.15) is 16.7 Å². The minimum atomic E-state index is -0.0517. The number of anilines is 1. The molecule has 3 heterocycles. The summed E-state index contributed by atoms with van der Waals surface area (Å²) in [4.78, 5) is 13.5. The van der Waals surface area contributed by atoms with Gasteiger partial charge in [-0.2, -0.15) is 9.61 Å². The fraction of sp³-hybridized carbons (Fsp3) is 0.200. The van der Waals surface area contributed by atoms with Crippen LogP contribution in [0.4, 0.5) is 5.69 Å². The first-order valence-electron chi connectivity index (χ1n) is 8.78. The van der Waals surface area contributed by atoms with E-state index in [4.69, 9.17) is 0 Å². The van der Waals surface area contributed by atoms with Gasteiger partial charge in [-0.15, -0.1) is 21.5 Å². The average molecular weight is 410 g/mol. The highest BCUT2D eigenvalue weighted by molar-refractivity contribution is 7.99. The number of benzene rings is 1. The van der Waals surface area contributed by atoms with E-state index in [9.17, 15) is 4.79 Å². The number of aromatic nitrogens is 4. The van der Waals surface area contributed by atoms with E-state index in [-0.39, 0.29) is 11.7 Å². The number of carbonyl (C=O) groups excluding carboxylic acids is 1. The molecule has 0 unspecified atom stereocenters. The molecule has 142 valence electrons. The Morgan fingerprint density at radius 1 is 1.14 bits per heavy atom. The maximum atomic E-state index is 12.5. The van der Waals surface area contributed by atoms with E-state index < -0.39 is 0 Å². The second-order valence-electron chi connectivity index (χ2n) is 6.55. The molecule has 1 amide bonds. The maximum absolute atomic E-state index is 12.5. The van der Waals surface area contributed by atoms with Crippen molar-refractivity contribution in [2.24, 2.45) is 0 Å². The fourth-order valence-electron chi connectivity index (χ4n) is 3.10. The van der Waals surface area contributed by atoms with Crippen molar-refractivity contribution in [2.75, 3.05) is 11.1 Å². The van der Waals surface area contributed by atoms with E-state index in [0.717, 1.165) is 26.7 Å². The molecule has 8 heteroatoms. The summed E-state index contributed by atoms with van der Waals surface area (Å²) in [6.45, 7) is 6.07. The van der Waals surface area contributed by atoms with Crippen molar-refractivity contribution in [1.82, 2.24) is 19.8 Å². The standard InChI is InChI=1S/C20H19N5OS2/c1-12-9-13(2)19(14(3)10-12)21-17(26)11-28-18-7-6-16-22-23-20(25(16)24-18)15-5-4-8-27-15/h4-10H,11H2,1-3H3,(H,21,26). The number of nitrogens with one attached hydrogen (secondary N) is 1. The number of nitrogens with zero attached hydrogens (tertiary/aromatic N) is 4. The lowest BCUT2D eigenvalue weighted by Crippen LogP contribution is -2.16. The summed E-state index contributed by atoms with van der Waals surface area (Å²) in [6.07, 6.45) is 0. The van der Waals surface area contributed by atoms with E-state index >= 15 is 0 Å². The van der Waals surface area contributed by atoms with Crippen LogP contribution in [-0.4, -0.2) is 31.5 Å². The van der Waals surface area contributed by atoms with Gasteiger partial charge >= 0.3 is 0 Å². The number of aryl methyl sites for hydroxylation is 3. The number of fused-ring (bicyclic) bond motifs is 1. The molecule has 0 saturated carbocycles. The van der Waals surface area contributed by atoms with Gasteiger partial charge in [-0.25, -0.2) is 0 Å². The number of hydrogen-bond donors (Lipinski definition) is 1. The van der Waals surface area contributed by atoms with Crippen LogP contribution in [0.2, 0.25) is 0 Å². The zero-order chi connectivity index (χ0) is 19.7. The summed E-state index contributed by atoms with van der Waals surface area (Å²) in [7, 11) is 0. The first kappa shape index (κ1) is 18.6. The van der Waals surface area contributed by atoms with Gasteiger partial charge in [0.1, 0.15) is 5.03 Å². The first-order chi connectivity index (χ1) is 13.5. The summed E-state index contributed by atoms with van der Waals surface area (Å²) in [5.41, 5.74) is 4.90. The molecule has 0 saturated heterocycles. The number of thiophene rings is 1. The van der Waals surface area contributed by atoms with Crippen molar-refractivity contribution >= 4 is 40.3 Å². The van der Waals surface area contributed by atoms with Gasteiger partial charge in [0.15, 0.2) is 11.5 Å². The molecule has 6 nitrogen and oxygen atoms in total. The van der Waals surface area contributed by atoms with E-state index in [1.54, 1.807) is 15.9 Å². The second kappa shape index (κ2) is 7.73. The largest absolute Gasteiger partial charge is 0.325 e. The van der Waals surface area contributed by atoms with Crippen molar-refractivity contribution in [2.45, 2.75) is 25.8 Å². The minimum absolute atomic E-state index is 0.0517. The van der Waals surface area contributed by atoms with Crippen LogP contribution in [0.25, 0.3) is 16.3 Å². The molecule has 0 fully saturated rings. The number of amides is 1. The molecule has 0 aliphatic rings. The van der Waals surface area contributed by atoms with Crippen molar-refractivity contribution in [3.8, 4) is 10.7 Å². The summed E-state index contributed by atoms with van der Waals surface area (Å²) < 4.78 is 1.72. The number of hydrogen-bond acceptors (Lipinski definition) is 6. The van der Waals surface area contributed by atoms with Gasteiger partial charge in [0.2, 0.25) is 5.91 Å². The van der Waals surface area contributed by atoms with Crippen LogP contribution < -0.4 is 5.32 Å². The Kier molecular flexibility index (Phi) is 5.15. The topological polar surface area (TPSA) is 72.2 Å². The molecule has 0 radical (unpaired) electrons. The van der Waals surface area contributed by atoms with Gasteiger partial charge < -0.3 is 5.32 Å². The SMILES string of the molecule is Cc1cc(C)c(NC(=O)CSc2ccc3nnc(-c4cccs4)n3n2)c(C)c1. The smallest absolute Gasteiger partial charge is 0.234 e. The summed E-state index contributed by atoms with van der Waals surface area (Å²) in [6, 6.07) is 11.8. The highest BCUT2D eigenvalue weighted by atomic mass is 32.2. The minimum Gasteiger partial charge on any atom is -0.325 e. The monoisotopic (exact) mass is 409 g/mol. The zero-order valence-electron chi connectivity index (χ0n) is 15.8. The van der Waals surface area contributed by atoms with E-state index in [1.165, 1.54) is 17.3 Å². The Hall–Kier alpha value is -2.71. The predicted octanol–water partition coefficient (Wildman–Crippen LogP) is 4.51. The molecule has 28 heavy (non-hydrogen) atoms. The van der Waals surface area contributed by atoms with Crippen LogP contribution >= 0.6 is 23.1 Å². The molecule has 0 atom stereocenters. The molecule has 1 aromatic carbocycles. The van der Waals surface area contributed by atoms with E-state index in [1.807, 2.05) is 43.5 Å². The highest BCUT2D eigenvalue weighted by Gasteiger charge is 2.13. The third-order valence-corrected chi connectivity index (χ3v) is 6.06. The third-order valence-electron chi connectivity index (χ3n) is 4.27. The normalized spacial score (nSPS) is 11.1. The van der Waals surface area contributed by atoms with Crippen LogP contribution in [0.3, 0.4) is 0 Å². The van der Waals surface area contributed by atoms with Gasteiger partial charge in [0, 0.05) is 5.69 Å². The third kappa shape index (κ3) is 3.79. The van der Waals surface area contributed by atoms with Crippen LogP contribution in [-0.2, 0) is 4.79 Å². The molecule has 3 aromatic heterocycles. The molecule has 0 spiro atoms. The molecule has 0 aliphatic heterocycles. The molecular weight excluding hydrogens is 390 g/mol. The highest BCUT2D eigenvalue weighted by Crippen LogP contribution is 2.25. The lowest BCUT2D eigenvalue weighted by molar-refractivity contribution is -0.113. The fourth-order valence-corrected chi connectivity index (χ4v) is 4.45. The van der Waals surface area contributed by atoms with Gasteiger partial charge in [-0.1, -0.05) is 35.5 Å². The Morgan fingerprint density at radius 2 is 1.93 bits per heavy atom. The van der Waals surface area contributed by atoms with E-state index in [2.05, 4.69) is 39.7 Å². The van der Waals surface area contributed by atoms with Crippen molar-refractivity contribution in [3.05, 3.63) is 58.5 Å². The van der Waals surface area contributed by atoms with Gasteiger partial charge in [-0.05, 0) is 55.5 Å². The Morgan fingerprint density at radius 3 is 2.64 bits per heavy atom. The maximum Gasteiger partial charge on any atom is 0.234 e. The Bertz CT molecular complexity index is 1130. The van der Waals surface area contributed by atoms with Crippen LogP contribution in [0.5, 0.6) is 0 Å². The molecule has 1 N–H and O–H groups in total. The van der Waals surface area contributed by atoms with Gasteiger partial charge in [0.05, 0.1) is 10.6 Å². The Labute approximate surface area is 171 Å². The summed E-state index contributed by atoms with van der Waals surface area (Å²) >= 11 is 2.98. The average Bonchev–Trinajstić information content (AvgIpc) is 3.31. The number of rotatable bonds is 5. The second-order valence-corrected chi connectivity index (χ2v) is 8.50. The van der Waals surface area contributed by atoms with Crippen LogP contribution in [0.15, 0.2) is 46.8 Å². The Balaban J connectivity index is 1.48. The quantitative estimate of drug-likeness (QED) is 0.491. The molecule has 4 rings (SSSR count). The van der Waals surface area contributed by atoms with Gasteiger partial charge in [0.25, 0.3) is 0 Å². The molecule has 0 aliphatic carbocycles. The molecular formula is C20H19N5OS2. The van der Waals surface area contributed by atoms with Crippen molar-refractivity contribution < 1.29 is 4.79 Å². The lowest BCUT2D eigenvalue weighted by atomic mass is 10.1. The van der Waals surface area contributed by atoms with E-state index in [0.29, 0.717) is 11.5 Å².